The van der Waals surface area contributed by atoms with E-state index in [1.807, 2.05) is 13.8 Å². The normalized spacial score (nSPS) is 32.9. The molecular formula is C14H22O2. The van der Waals surface area contributed by atoms with E-state index in [0.29, 0.717) is 17.6 Å². The van der Waals surface area contributed by atoms with E-state index in [2.05, 4.69) is 0 Å². The fraction of sp³-hybridized carbons (Fsp3) is 0.786. The molecule has 2 unspecified atom stereocenters. The Kier molecular flexibility index (Phi) is 3.67. The number of rotatable bonds is 2. The van der Waals surface area contributed by atoms with E-state index in [4.69, 9.17) is 4.74 Å². The highest BCUT2D eigenvalue weighted by Gasteiger charge is 2.36. The minimum Gasteiger partial charge on any atom is -0.498 e. The molecule has 2 heteroatoms. The number of carbonyl (C=O) groups is 1. The molecule has 0 amide bonds. The van der Waals surface area contributed by atoms with Gasteiger partial charge >= 0.3 is 0 Å². The first-order chi connectivity index (χ1) is 7.68. The molecule has 0 saturated heterocycles. The van der Waals surface area contributed by atoms with Crippen LogP contribution < -0.4 is 0 Å². The third-order valence-electron chi connectivity index (χ3n) is 3.83. The van der Waals surface area contributed by atoms with E-state index in [0.717, 1.165) is 18.4 Å². The van der Waals surface area contributed by atoms with Crippen LogP contribution in [0.4, 0.5) is 0 Å². The number of allylic oxidation sites excluding steroid dienone is 1. The van der Waals surface area contributed by atoms with Crippen LogP contribution in [0.3, 0.4) is 0 Å². The van der Waals surface area contributed by atoms with Crippen molar-refractivity contribution >= 4 is 5.78 Å². The van der Waals surface area contributed by atoms with Gasteiger partial charge in [0.2, 0.25) is 0 Å². The molecule has 0 radical (unpaired) electrons. The molecule has 90 valence electrons. The van der Waals surface area contributed by atoms with Gasteiger partial charge in [-0.15, -0.1) is 0 Å². The Labute approximate surface area is 98.1 Å². The van der Waals surface area contributed by atoms with Crippen molar-refractivity contribution in [2.75, 3.05) is 0 Å². The maximum Gasteiger partial charge on any atom is 0.165 e. The average molecular weight is 222 g/mol. The molecule has 0 aromatic heterocycles. The fourth-order valence-corrected chi connectivity index (χ4v) is 2.94. The predicted octanol–water partition coefficient (Wildman–Crippen LogP) is 3.46. The maximum atomic E-state index is 12.2. The lowest BCUT2D eigenvalue weighted by atomic mass is 9.69. The Bertz CT molecular complexity index is 291. The van der Waals surface area contributed by atoms with Gasteiger partial charge in [0.15, 0.2) is 5.78 Å². The fourth-order valence-electron chi connectivity index (χ4n) is 2.94. The van der Waals surface area contributed by atoms with Gasteiger partial charge < -0.3 is 4.74 Å². The summed E-state index contributed by atoms with van der Waals surface area (Å²) in [5, 5.41) is 0. The van der Waals surface area contributed by atoms with E-state index in [1.165, 1.54) is 25.7 Å². The standard InChI is InChI=1S/C14H22O2/c1-10(2)16-9-12-8-7-11-5-3-4-6-13(11)14(12)15/h9-11,13H,3-8H2,1-2H3. The third-order valence-corrected chi connectivity index (χ3v) is 3.83. The van der Waals surface area contributed by atoms with Crippen LogP contribution in [0.5, 0.6) is 0 Å². The summed E-state index contributed by atoms with van der Waals surface area (Å²) < 4.78 is 5.45. The lowest BCUT2D eigenvalue weighted by Crippen LogP contribution is -2.32. The summed E-state index contributed by atoms with van der Waals surface area (Å²) in [5.74, 6) is 1.35. The highest BCUT2D eigenvalue weighted by atomic mass is 16.5. The van der Waals surface area contributed by atoms with Gasteiger partial charge in [-0.3, -0.25) is 4.79 Å². The molecule has 0 aliphatic heterocycles. The molecule has 2 nitrogen and oxygen atoms in total. The first-order valence-corrected chi connectivity index (χ1v) is 6.57. The van der Waals surface area contributed by atoms with Crippen molar-refractivity contribution < 1.29 is 9.53 Å². The largest absolute Gasteiger partial charge is 0.498 e. The SMILES string of the molecule is CC(C)OC=C1CCC2CCCCC2C1=O. The van der Waals surface area contributed by atoms with Crippen molar-refractivity contribution in [1.82, 2.24) is 0 Å². The van der Waals surface area contributed by atoms with Gasteiger partial charge in [0, 0.05) is 11.5 Å². The second kappa shape index (κ2) is 5.03. The van der Waals surface area contributed by atoms with Gasteiger partial charge in [-0.05, 0) is 45.4 Å². The van der Waals surface area contributed by atoms with E-state index in [-0.39, 0.29) is 6.10 Å². The Morgan fingerprint density at radius 2 is 2.00 bits per heavy atom. The Balaban J connectivity index is 2.02. The van der Waals surface area contributed by atoms with E-state index >= 15 is 0 Å². The summed E-state index contributed by atoms with van der Waals surface area (Å²) in [5.41, 5.74) is 0.928. The van der Waals surface area contributed by atoms with E-state index < -0.39 is 0 Å². The maximum absolute atomic E-state index is 12.2. The molecule has 2 saturated carbocycles. The van der Waals surface area contributed by atoms with Gasteiger partial charge in [0.05, 0.1) is 12.4 Å². The topological polar surface area (TPSA) is 26.3 Å². The number of hydrogen-bond donors (Lipinski definition) is 0. The number of fused-ring (bicyclic) bond motifs is 1. The van der Waals surface area contributed by atoms with Crippen molar-refractivity contribution in [1.29, 1.82) is 0 Å². The van der Waals surface area contributed by atoms with Crippen LogP contribution in [-0.4, -0.2) is 11.9 Å². The van der Waals surface area contributed by atoms with Gasteiger partial charge in [0.25, 0.3) is 0 Å². The van der Waals surface area contributed by atoms with Gasteiger partial charge in [-0.2, -0.15) is 0 Å². The smallest absolute Gasteiger partial charge is 0.165 e. The molecule has 0 aromatic carbocycles. The predicted molar refractivity (Wildman–Crippen MR) is 64.0 cm³/mol. The average Bonchev–Trinajstić information content (AvgIpc) is 2.28. The Hall–Kier alpha value is -0.790. The second-order valence-electron chi connectivity index (χ2n) is 5.38. The minimum atomic E-state index is 0.171. The Morgan fingerprint density at radius 3 is 2.75 bits per heavy atom. The summed E-state index contributed by atoms with van der Waals surface area (Å²) in [7, 11) is 0. The van der Waals surface area contributed by atoms with Crippen LogP contribution in [0.25, 0.3) is 0 Å². The Morgan fingerprint density at radius 1 is 1.25 bits per heavy atom. The third kappa shape index (κ3) is 2.47. The molecule has 2 aliphatic rings. The molecule has 16 heavy (non-hydrogen) atoms. The van der Waals surface area contributed by atoms with E-state index in [9.17, 15) is 4.79 Å². The van der Waals surface area contributed by atoms with Crippen LogP contribution in [0, 0.1) is 11.8 Å². The molecule has 0 spiro atoms. The molecule has 0 heterocycles. The van der Waals surface area contributed by atoms with Crippen molar-refractivity contribution in [3.05, 3.63) is 11.8 Å². The monoisotopic (exact) mass is 222 g/mol. The second-order valence-corrected chi connectivity index (χ2v) is 5.38. The molecular weight excluding hydrogens is 200 g/mol. The number of ether oxygens (including phenoxy) is 1. The van der Waals surface area contributed by atoms with Crippen LogP contribution in [0.2, 0.25) is 0 Å². The number of hydrogen-bond acceptors (Lipinski definition) is 2. The molecule has 2 atom stereocenters. The summed E-state index contributed by atoms with van der Waals surface area (Å²) in [6.45, 7) is 3.99. The molecule has 0 bridgehead atoms. The highest BCUT2D eigenvalue weighted by Crippen LogP contribution is 2.40. The highest BCUT2D eigenvalue weighted by molar-refractivity contribution is 5.97. The van der Waals surface area contributed by atoms with Crippen molar-refractivity contribution in [2.24, 2.45) is 11.8 Å². The molecule has 2 fully saturated rings. The number of Topliss-reactive ketones (excluding diaryl/α,β-unsaturated/α-hetero) is 1. The first-order valence-electron chi connectivity index (χ1n) is 6.57. The summed E-state index contributed by atoms with van der Waals surface area (Å²) >= 11 is 0. The van der Waals surface area contributed by atoms with E-state index in [1.54, 1.807) is 6.26 Å². The van der Waals surface area contributed by atoms with Crippen LogP contribution in [0.15, 0.2) is 11.8 Å². The number of carbonyl (C=O) groups excluding carboxylic acids is 1. The zero-order valence-electron chi connectivity index (χ0n) is 10.4. The summed E-state index contributed by atoms with van der Waals surface area (Å²) in [6, 6.07) is 0. The van der Waals surface area contributed by atoms with Crippen LogP contribution >= 0.6 is 0 Å². The zero-order chi connectivity index (χ0) is 11.5. The first kappa shape index (κ1) is 11.7. The zero-order valence-corrected chi connectivity index (χ0v) is 10.4. The quantitative estimate of drug-likeness (QED) is 0.528. The lowest BCUT2D eigenvalue weighted by Gasteiger charge is -2.35. The van der Waals surface area contributed by atoms with Crippen LogP contribution in [0.1, 0.15) is 52.4 Å². The van der Waals surface area contributed by atoms with Crippen molar-refractivity contribution in [3.8, 4) is 0 Å². The molecule has 2 rings (SSSR count). The lowest BCUT2D eigenvalue weighted by molar-refractivity contribution is -0.123. The number of ketones is 1. The van der Waals surface area contributed by atoms with Crippen molar-refractivity contribution in [2.45, 2.75) is 58.5 Å². The molecule has 2 aliphatic carbocycles. The van der Waals surface area contributed by atoms with Crippen molar-refractivity contribution in [3.63, 3.8) is 0 Å². The summed E-state index contributed by atoms with van der Waals surface area (Å²) in [6.07, 6.45) is 8.90. The summed E-state index contributed by atoms with van der Waals surface area (Å²) in [4.78, 5) is 12.2. The van der Waals surface area contributed by atoms with Gasteiger partial charge in [-0.25, -0.2) is 0 Å². The van der Waals surface area contributed by atoms with Gasteiger partial charge in [0.1, 0.15) is 0 Å². The van der Waals surface area contributed by atoms with Gasteiger partial charge in [-0.1, -0.05) is 12.8 Å². The minimum absolute atomic E-state index is 0.171. The molecule has 0 N–H and O–H groups in total. The molecule has 0 aromatic rings. The van der Waals surface area contributed by atoms with Crippen LogP contribution in [-0.2, 0) is 9.53 Å².